The highest BCUT2D eigenvalue weighted by Crippen LogP contribution is 2.16. The number of ether oxygens (including phenoxy) is 1. The van der Waals surface area contributed by atoms with E-state index in [-0.39, 0.29) is 17.7 Å². The Morgan fingerprint density at radius 3 is 2.38 bits per heavy atom. The Labute approximate surface area is 124 Å². The van der Waals surface area contributed by atoms with Crippen molar-refractivity contribution in [3.8, 4) is 0 Å². The third-order valence-corrected chi connectivity index (χ3v) is 2.78. The standard InChI is InChI=1S/C14H23N3O4/c1-6-11(19)17-8-7-16(10(2)18)9-12(17)21-13(20)15-14(3,4)5/h9H,6-8H2,1-5H3,(H,15,20). The molecule has 0 aromatic heterocycles. The minimum Gasteiger partial charge on any atom is -0.391 e. The highest BCUT2D eigenvalue weighted by Gasteiger charge is 2.28. The first-order chi connectivity index (χ1) is 9.64. The predicted molar refractivity (Wildman–Crippen MR) is 76.8 cm³/mol. The summed E-state index contributed by atoms with van der Waals surface area (Å²) in [6, 6.07) is 0. The van der Waals surface area contributed by atoms with Crippen LogP contribution in [0, 0.1) is 0 Å². The van der Waals surface area contributed by atoms with Gasteiger partial charge in [0.15, 0.2) is 0 Å². The predicted octanol–water partition coefficient (Wildman–Crippen LogP) is 1.41. The highest BCUT2D eigenvalue weighted by molar-refractivity contribution is 5.80. The van der Waals surface area contributed by atoms with Crippen molar-refractivity contribution in [1.82, 2.24) is 15.1 Å². The maximum Gasteiger partial charge on any atom is 0.414 e. The van der Waals surface area contributed by atoms with Crippen molar-refractivity contribution < 1.29 is 19.1 Å². The number of amides is 3. The fraction of sp³-hybridized carbons (Fsp3) is 0.643. The second-order valence-electron chi connectivity index (χ2n) is 5.84. The average Bonchev–Trinajstić information content (AvgIpc) is 2.35. The van der Waals surface area contributed by atoms with Crippen molar-refractivity contribution in [1.29, 1.82) is 0 Å². The molecule has 0 aromatic rings. The van der Waals surface area contributed by atoms with Gasteiger partial charge in [0.05, 0.1) is 6.20 Å². The van der Waals surface area contributed by atoms with Crippen LogP contribution >= 0.6 is 0 Å². The molecule has 0 bridgehead atoms. The first-order valence-electron chi connectivity index (χ1n) is 6.93. The second-order valence-corrected chi connectivity index (χ2v) is 5.84. The Hall–Kier alpha value is -2.05. The molecule has 7 nitrogen and oxygen atoms in total. The summed E-state index contributed by atoms with van der Waals surface area (Å²) in [4.78, 5) is 38.0. The molecule has 0 saturated carbocycles. The van der Waals surface area contributed by atoms with Crippen molar-refractivity contribution in [2.75, 3.05) is 13.1 Å². The molecule has 0 radical (unpaired) electrons. The molecule has 1 heterocycles. The third kappa shape index (κ3) is 5.09. The topological polar surface area (TPSA) is 79.0 Å². The van der Waals surface area contributed by atoms with Gasteiger partial charge in [0.1, 0.15) is 0 Å². The number of rotatable bonds is 2. The molecular weight excluding hydrogens is 274 g/mol. The summed E-state index contributed by atoms with van der Waals surface area (Å²) < 4.78 is 5.21. The fourth-order valence-corrected chi connectivity index (χ4v) is 1.78. The van der Waals surface area contributed by atoms with Crippen LogP contribution in [0.1, 0.15) is 41.0 Å². The smallest absolute Gasteiger partial charge is 0.391 e. The summed E-state index contributed by atoms with van der Waals surface area (Å²) in [7, 11) is 0. The van der Waals surface area contributed by atoms with E-state index in [0.717, 1.165) is 0 Å². The number of alkyl carbamates (subject to hydrolysis) is 1. The van der Waals surface area contributed by atoms with Crippen LogP contribution in [0.15, 0.2) is 12.1 Å². The van der Waals surface area contributed by atoms with E-state index in [0.29, 0.717) is 19.5 Å². The van der Waals surface area contributed by atoms with Crippen molar-refractivity contribution >= 4 is 17.9 Å². The van der Waals surface area contributed by atoms with Gasteiger partial charge in [-0.3, -0.25) is 14.5 Å². The molecule has 0 saturated heterocycles. The van der Waals surface area contributed by atoms with E-state index in [1.165, 1.54) is 22.9 Å². The Morgan fingerprint density at radius 2 is 1.90 bits per heavy atom. The van der Waals surface area contributed by atoms with Gasteiger partial charge >= 0.3 is 6.09 Å². The van der Waals surface area contributed by atoms with Crippen LogP contribution in [0.4, 0.5) is 4.79 Å². The quantitative estimate of drug-likeness (QED) is 0.836. The zero-order chi connectivity index (χ0) is 16.2. The average molecular weight is 297 g/mol. The maximum atomic E-state index is 11.9. The third-order valence-electron chi connectivity index (χ3n) is 2.78. The van der Waals surface area contributed by atoms with Crippen LogP contribution in [-0.4, -0.2) is 46.3 Å². The van der Waals surface area contributed by atoms with Crippen LogP contribution in [-0.2, 0) is 14.3 Å². The minimum absolute atomic E-state index is 0.0741. The van der Waals surface area contributed by atoms with Gasteiger partial charge in [-0.25, -0.2) is 4.79 Å². The summed E-state index contributed by atoms with van der Waals surface area (Å²) >= 11 is 0. The summed E-state index contributed by atoms with van der Waals surface area (Å²) in [5, 5.41) is 2.64. The van der Waals surface area contributed by atoms with Gasteiger partial charge in [0.25, 0.3) is 0 Å². The largest absolute Gasteiger partial charge is 0.414 e. The van der Waals surface area contributed by atoms with Crippen molar-refractivity contribution in [2.24, 2.45) is 0 Å². The van der Waals surface area contributed by atoms with Gasteiger partial charge in [-0.15, -0.1) is 0 Å². The molecule has 0 aliphatic carbocycles. The zero-order valence-electron chi connectivity index (χ0n) is 13.2. The first-order valence-corrected chi connectivity index (χ1v) is 6.93. The minimum atomic E-state index is -0.659. The Kier molecular flexibility index (Phi) is 5.34. The number of nitrogens with zero attached hydrogens (tertiary/aromatic N) is 2. The molecule has 3 amide bonds. The van der Waals surface area contributed by atoms with Crippen LogP contribution in [0.25, 0.3) is 0 Å². The molecule has 0 fully saturated rings. The molecule has 1 aliphatic heterocycles. The van der Waals surface area contributed by atoms with Gasteiger partial charge in [0.2, 0.25) is 17.7 Å². The molecule has 1 N–H and O–H groups in total. The van der Waals surface area contributed by atoms with Crippen molar-refractivity contribution in [3.05, 3.63) is 12.1 Å². The molecule has 21 heavy (non-hydrogen) atoms. The molecule has 0 spiro atoms. The molecule has 0 unspecified atom stereocenters. The van der Waals surface area contributed by atoms with Gasteiger partial charge < -0.3 is 15.0 Å². The summed E-state index contributed by atoms with van der Waals surface area (Å²) in [6.07, 6.45) is 1.02. The van der Waals surface area contributed by atoms with Gasteiger partial charge in [-0.1, -0.05) is 6.92 Å². The van der Waals surface area contributed by atoms with Crippen LogP contribution in [0.3, 0.4) is 0 Å². The molecule has 1 aliphatic rings. The fourth-order valence-electron chi connectivity index (χ4n) is 1.78. The number of carbonyl (C=O) groups is 3. The lowest BCUT2D eigenvalue weighted by atomic mass is 10.1. The number of hydrogen-bond donors (Lipinski definition) is 1. The highest BCUT2D eigenvalue weighted by atomic mass is 16.6. The molecule has 0 aromatic carbocycles. The summed E-state index contributed by atoms with van der Waals surface area (Å²) in [6.45, 7) is 9.30. The second kappa shape index (κ2) is 6.60. The summed E-state index contributed by atoms with van der Waals surface area (Å²) in [5.41, 5.74) is -0.452. The van der Waals surface area contributed by atoms with Crippen molar-refractivity contribution in [3.63, 3.8) is 0 Å². The lowest BCUT2D eigenvalue weighted by Gasteiger charge is -2.32. The molecule has 118 valence electrons. The van der Waals surface area contributed by atoms with Crippen molar-refractivity contribution in [2.45, 2.75) is 46.6 Å². The first kappa shape index (κ1) is 17.0. The molecule has 7 heteroatoms. The maximum absolute atomic E-state index is 11.9. The van der Waals surface area contributed by atoms with E-state index in [1.807, 2.05) is 20.8 Å². The van der Waals surface area contributed by atoms with E-state index >= 15 is 0 Å². The molecule has 1 rings (SSSR count). The molecule has 0 atom stereocenters. The number of carbonyl (C=O) groups excluding carboxylic acids is 3. The van der Waals surface area contributed by atoms with Crippen LogP contribution in [0.5, 0.6) is 0 Å². The SMILES string of the molecule is CCC(=O)N1CCN(C(C)=O)C=C1OC(=O)NC(C)(C)C. The van der Waals surface area contributed by atoms with E-state index in [2.05, 4.69) is 5.32 Å². The van der Waals surface area contributed by atoms with E-state index in [4.69, 9.17) is 4.74 Å². The Bertz CT molecular complexity index is 465. The monoisotopic (exact) mass is 297 g/mol. The van der Waals surface area contributed by atoms with E-state index < -0.39 is 11.6 Å². The van der Waals surface area contributed by atoms with E-state index in [9.17, 15) is 14.4 Å². The van der Waals surface area contributed by atoms with Crippen LogP contribution < -0.4 is 5.32 Å². The summed E-state index contributed by atoms with van der Waals surface area (Å²) in [5.74, 6) is -0.256. The molecular formula is C14H23N3O4. The Balaban J connectivity index is 2.90. The lowest BCUT2D eigenvalue weighted by molar-refractivity contribution is -0.135. The van der Waals surface area contributed by atoms with Gasteiger partial charge in [-0.05, 0) is 20.8 Å². The number of nitrogens with one attached hydrogen (secondary N) is 1. The lowest BCUT2D eigenvalue weighted by Crippen LogP contribution is -2.46. The zero-order valence-corrected chi connectivity index (χ0v) is 13.2. The van der Waals surface area contributed by atoms with Gasteiger partial charge in [-0.2, -0.15) is 0 Å². The Morgan fingerprint density at radius 1 is 1.29 bits per heavy atom. The van der Waals surface area contributed by atoms with Gasteiger partial charge in [0, 0.05) is 32.0 Å². The number of hydrogen-bond acceptors (Lipinski definition) is 4. The normalized spacial score (nSPS) is 15.4. The van der Waals surface area contributed by atoms with Crippen LogP contribution in [0.2, 0.25) is 0 Å². The van der Waals surface area contributed by atoms with E-state index in [1.54, 1.807) is 6.92 Å².